The van der Waals surface area contributed by atoms with Gasteiger partial charge >= 0.3 is 0 Å². The monoisotopic (exact) mass is 430 g/mol. The molecule has 0 bridgehead atoms. The van der Waals surface area contributed by atoms with Crippen molar-refractivity contribution in [3.8, 4) is 11.5 Å². The highest BCUT2D eigenvalue weighted by atomic mass is 35.5. The lowest BCUT2D eigenvalue weighted by Gasteiger charge is -2.13. The first-order chi connectivity index (χ1) is 14.0. The highest BCUT2D eigenvalue weighted by Crippen LogP contribution is 2.30. The van der Waals surface area contributed by atoms with Crippen molar-refractivity contribution in [2.24, 2.45) is 0 Å². The van der Waals surface area contributed by atoms with E-state index in [0.29, 0.717) is 47.1 Å². The minimum Gasteiger partial charge on any atom is -0.490 e. The highest BCUT2D eigenvalue weighted by molar-refractivity contribution is 7.80. The molecule has 0 aliphatic carbocycles. The third-order valence-corrected chi connectivity index (χ3v) is 4.83. The molecule has 1 heterocycles. The number of nitrogens with zero attached hydrogens (tertiary/aromatic N) is 1. The van der Waals surface area contributed by atoms with Crippen LogP contribution in [-0.4, -0.2) is 29.1 Å². The van der Waals surface area contributed by atoms with Gasteiger partial charge in [-0.2, -0.15) is 0 Å². The first-order valence-electron chi connectivity index (χ1n) is 9.50. The zero-order valence-electron chi connectivity index (χ0n) is 16.4. The van der Waals surface area contributed by atoms with Crippen LogP contribution in [0.3, 0.4) is 0 Å². The molecule has 0 spiro atoms. The summed E-state index contributed by atoms with van der Waals surface area (Å²) in [6, 6.07) is 13.1. The standard InChI is InChI=1S/C22H23ClN2O3S/c1-3-10-25-21(26)18(24-22(25)29)12-15-8-9-19(20(13-15)27-4-2)28-14-16-6-5-7-17(23)11-16/h5-9,11-13H,3-4,10,14H2,1-2H3,(H,24,29)/b18-12-. The lowest BCUT2D eigenvalue weighted by molar-refractivity contribution is -0.122. The SMILES string of the molecule is CCCN1C(=O)/C(=C/c2ccc(OCc3cccc(Cl)c3)c(OCC)c2)NC1=S. The highest BCUT2D eigenvalue weighted by Gasteiger charge is 2.29. The largest absolute Gasteiger partial charge is 0.490 e. The van der Waals surface area contributed by atoms with Crippen LogP contribution >= 0.6 is 23.8 Å². The molecule has 1 N–H and O–H groups in total. The van der Waals surface area contributed by atoms with Crippen molar-refractivity contribution >= 4 is 40.9 Å². The fourth-order valence-corrected chi connectivity index (χ4v) is 3.45. The Labute approximate surface area is 181 Å². The second-order valence-electron chi connectivity index (χ2n) is 6.50. The van der Waals surface area contributed by atoms with E-state index in [9.17, 15) is 4.79 Å². The lowest BCUT2D eigenvalue weighted by Crippen LogP contribution is -2.31. The van der Waals surface area contributed by atoms with Crippen molar-refractivity contribution in [3.63, 3.8) is 0 Å². The molecule has 3 rings (SSSR count). The molecule has 2 aromatic rings. The van der Waals surface area contributed by atoms with Gasteiger partial charge in [-0.05, 0) is 67.0 Å². The molecular formula is C22H23ClN2O3S. The normalized spacial score (nSPS) is 15.0. The summed E-state index contributed by atoms with van der Waals surface area (Å²) in [7, 11) is 0. The van der Waals surface area contributed by atoms with Crippen molar-refractivity contribution in [3.05, 3.63) is 64.3 Å². The van der Waals surface area contributed by atoms with Gasteiger partial charge in [0, 0.05) is 11.6 Å². The first-order valence-corrected chi connectivity index (χ1v) is 10.3. The number of nitrogens with one attached hydrogen (secondary N) is 1. The minimum atomic E-state index is -0.115. The summed E-state index contributed by atoms with van der Waals surface area (Å²) >= 11 is 11.3. The number of amides is 1. The van der Waals surface area contributed by atoms with E-state index >= 15 is 0 Å². The predicted octanol–water partition coefficient (Wildman–Crippen LogP) is 4.79. The van der Waals surface area contributed by atoms with Gasteiger partial charge in [0.05, 0.1) is 6.61 Å². The van der Waals surface area contributed by atoms with E-state index in [4.69, 9.17) is 33.3 Å². The van der Waals surface area contributed by atoms with E-state index in [1.54, 1.807) is 11.0 Å². The molecule has 7 heteroatoms. The van der Waals surface area contributed by atoms with Crippen molar-refractivity contribution in [1.29, 1.82) is 0 Å². The Kier molecular flexibility index (Phi) is 7.12. The van der Waals surface area contributed by atoms with Crippen LogP contribution in [0.2, 0.25) is 5.02 Å². The molecule has 152 valence electrons. The van der Waals surface area contributed by atoms with Gasteiger partial charge in [-0.25, -0.2) is 0 Å². The van der Waals surface area contributed by atoms with Crippen molar-refractivity contribution in [2.75, 3.05) is 13.2 Å². The zero-order valence-corrected chi connectivity index (χ0v) is 18.0. The number of hydrogen-bond acceptors (Lipinski definition) is 4. The molecule has 1 aliphatic rings. The van der Waals surface area contributed by atoms with Crippen LogP contribution in [0.4, 0.5) is 0 Å². The van der Waals surface area contributed by atoms with Crippen LogP contribution in [0, 0.1) is 0 Å². The van der Waals surface area contributed by atoms with Gasteiger partial charge in [-0.15, -0.1) is 0 Å². The molecule has 5 nitrogen and oxygen atoms in total. The smallest absolute Gasteiger partial charge is 0.276 e. The minimum absolute atomic E-state index is 0.115. The van der Waals surface area contributed by atoms with E-state index < -0.39 is 0 Å². The number of ether oxygens (including phenoxy) is 2. The molecule has 1 amide bonds. The van der Waals surface area contributed by atoms with Crippen LogP contribution in [-0.2, 0) is 11.4 Å². The fraction of sp³-hybridized carbons (Fsp3) is 0.273. The number of benzene rings is 2. The molecular weight excluding hydrogens is 408 g/mol. The van der Waals surface area contributed by atoms with E-state index in [0.717, 1.165) is 17.5 Å². The van der Waals surface area contributed by atoms with Gasteiger partial charge in [0.25, 0.3) is 5.91 Å². The van der Waals surface area contributed by atoms with Crippen molar-refractivity contribution < 1.29 is 14.3 Å². The number of hydrogen-bond donors (Lipinski definition) is 1. The summed E-state index contributed by atoms with van der Waals surface area (Å²) in [5.41, 5.74) is 2.25. The molecule has 0 unspecified atom stereocenters. The quantitative estimate of drug-likeness (QED) is 0.482. The Morgan fingerprint density at radius 1 is 1.14 bits per heavy atom. The summed E-state index contributed by atoms with van der Waals surface area (Å²) in [4.78, 5) is 14.1. The topological polar surface area (TPSA) is 50.8 Å². The number of carbonyl (C=O) groups excluding carboxylic acids is 1. The van der Waals surface area contributed by atoms with Gasteiger partial charge in [0.2, 0.25) is 0 Å². The number of halogens is 1. The van der Waals surface area contributed by atoms with Crippen molar-refractivity contribution in [2.45, 2.75) is 26.9 Å². The maximum Gasteiger partial charge on any atom is 0.276 e. The third kappa shape index (κ3) is 5.28. The summed E-state index contributed by atoms with van der Waals surface area (Å²) in [6.45, 7) is 5.39. The molecule has 0 saturated carbocycles. The Morgan fingerprint density at radius 3 is 2.69 bits per heavy atom. The van der Waals surface area contributed by atoms with Crippen LogP contribution in [0.1, 0.15) is 31.4 Å². The van der Waals surface area contributed by atoms with E-state index in [1.165, 1.54) is 0 Å². The number of thiocarbonyl (C=S) groups is 1. The average molecular weight is 431 g/mol. The van der Waals surface area contributed by atoms with Crippen LogP contribution in [0.15, 0.2) is 48.2 Å². The van der Waals surface area contributed by atoms with E-state index in [2.05, 4.69) is 5.32 Å². The molecule has 1 fully saturated rings. The van der Waals surface area contributed by atoms with Gasteiger partial charge in [0.1, 0.15) is 12.3 Å². The van der Waals surface area contributed by atoms with Gasteiger partial charge in [-0.3, -0.25) is 9.69 Å². The van der Waals surface area contributed by atoms with Crippen LogP contribution < -0.4 is 14.8 Å². The van der Waals surface area contributed by atoms with Gasteiger partial charge in [0.15, 0.2) is 16.6 Å². The van der Waals surface area contributed by atoms with E-state index in [1.807, 2.05) is 56.3 Å². The van der Waals surface area contributed by atoms with E-state index in [-0.39, 0.29) is 5.91 Å². The fourth-order valence-electron chi connectivity index (χ4n) is 2.95. The second-order valence-corrected chi connectivity index (χ2v) is 7.33. The molecule has 0 radical (unpaired) electrons. The van der Waals surface area contributed by atoms with Gasteiger partial charge < -0.3 is 14.8 Å². The Bertz CT molecular complexity index is 945. The second kappa shape index (κ2) is 9.76. The van der Waals surface area contributed by atoms with Crippen LogP contribution in [0.5, 0.6) is 11.5 Å². The lowest BCUT2D eigenvalue weighted by atomic mass is 10.1. The molecule has 2 aromatic carbocycles. The molecule has 1 saturated heterocycles. The molecule has 29 heavy (non-hydrogen) atoms. The van der Waals surface area contributed by atoms with Gasteiger partial charge in [-0.1, -0.05) is 36.7 Å². The predicted molar refractivity (Wildman–Crippen MR) is 119 cm³/mol. The Hall–Kier alpha value is -2.57. The summed E-state index contributed by atoms with van der Waals surface area (Å²) < 4.78 is 11.7. The average Bonchev–Trinajstić information content (AvgIpc) is 2.95. The third-order valence-electron chi connectivity index (χ3n) is 4.27. The Morgan fingerprint density at radius 2 is 1.97 bits per heavy atom. The summed E-state index contributed by atoms with van der Waals surface area (Å²) in [5.74, 6) is 1.13. The Balaban J connectivity index is 1.79. The molecule has 0 atom stereocenters. The van der Waals surface area contributed by atoms with Crippen LogP contribution in [0.25, 0.3) is 6.08 Å². The molecule has 0 aromatic heterocycles. The zero-order chi connectivity index (χ0) is 20.8. The number of carbonyl (C=O) groups is 1. The number of rotatable bonds is 8. The molecule has 1 aliphatic heterocycles. The summed E-state index contributed by atoms with van der Waals surface area (Å²) in [6.07, 6.45) is 2.61. The maximum atomic E-state index is 12.5. The first kappa shape index (κ1) is 21.1. The van der Waals surface area contributed by atoms with Crippen molar-refractivity contribution in [1.82, 2.24) is 10.2 Å². The maximum absolute atomic E-state index is 12.5. The summed E-state index contributed by atoms with van der Waals surface area (Å²) in [5, 5.41) is 4.10.